The number of nitrogens with zero attached hydrogens (tertiary/aromatic N) is 2. The van der Waals surface area contributed by atoms with Crippen LogP contribution in [0.2, 0.25) is 0 Å². The Labute approximate surface area is 245 Å². The smallest absolute Gasteiger partial charge is 0.287 e. The number of hydrogen-bond donors (Lipinski definition) is 2. The number of halogens is 1. The fourth-order valence-electron chi connectivity index (χ4n) is 10.0. The minimum Gasteiger partial charge on any atom is -0.333 e. The zero-order valence-electron chi connectivity index (χ0n) is 22.3. The zero-order chi connectivity index (χ0) is 29.0. The van der Waals surface area contributed by atoms with Gasteiger partial charge in [0.1, 0.15) is 21.5 Å². The second-order valence-corrected chi connectivity index (χ2v) is 17.3. The number of piperidine rings is 1. The van der Waals surface area contributed by atoms with E-state index in [4.69, 9.17) is 0 Å². The lowest BCUT2D eigenvalue weighted by Crippen LogP contribution is -2.67. The number of carbonyl (C=O) groups excluding carboxylic acids is 2. The summed E-state index contributed by atoms with van der Waals surface area (Å²) in [6, 6.07) is 5.76. The molecule has 0 radical (unpaired) electrons. The van der Waals surface area contributed by atoms with E-state index in [1.807, 2.05) is 0 Å². The molecule has 9 atom stereocenters. The van der Waals surface area contributed by atoms with Gasteiger partial charge in [-0.15, -0.1) is 15.7 Å². The molecule has 42 heavy (non-hydrogen) atoms. The van der Waals surface area contributed by atoms with Crippen molar-refractivity contribution in [3.8, 4) is 0 Å². The predicted octanol–water partition coefficient (Wildman–Crippen LogP) is 2.05. The number of ketones is 1. The number of thiophene rings is 1. The molecule has 1 amide bonds. The molecule has 0 spiro atoms. The molecular weight excluding hydrogens is 604 g/mol. The number of rotatable bonds is 6. The topological polar surface area (TPSA) is 142 Å². The van der Waals surface area contributed by atoms with Crippen LogP contribution in [0.5, 0.6) is 0 Å². The van der Waals surface area contributed by atoms with Crippen LogP contribution in [0.1, 0.15) is 17.5 Å². The van der Waals surface area contributed by atoms with Gasteiger partial charge >= 0.3 is 0 Å². The Morgan fingerprint density at radius 3 is 2.40 bits per heavy atom. The number of fused-ring (bicyclic) bond motifs is 1. The molecule has 9 aliphatic rings. The van der Waals surface area contributed by atoms with Crippen LogP contribution in [0.3, 0.4) is 0 Å². The van der Waals surface area contributed by atoms with Crippen molar-refractivity contribution in [2.75, 3.05) is 11.6 Å². The Morgan fingerprint density at radius 2 is 1.74 bits per heavy atom. The fourth-order valence-corrected chi connectivity index (χ4v) is 13.1. The summed E-state index contributed by atoms with van der Waals surface area (Å²) >= 11 is 1.06. The summed E-state index contributed by atoms with van der Waals surface area (Å²) in [7, 11) is -7.91. The maximum atomic E-state index is 14.4. The molecule has 1 aromatic heterocycles. The van der Waals surface area contributed by atoms with E-state index >= 15 is 0 Å². The first kappa shape index (κ1) is 25.8. The number of Topliss-reactive ketones (excluding diaryl/α,β-unsaturated/α-hetero) is 1. The third-order valence-electron chi connectivity index (χ3n) is 11.2. The standard InChI is InChI=1S/C28H27FN4O6S3/c1-41(36,37)30-7-11-9-40-27-25(11)42(38,39)32-26(31-27)22-24(34)21-19-15-13-6-14-16(19)18(14)20(17(13)15)23(21)33(28(22)35)8-10-2-4-12(29)5-3-10/h2-5,9,13-23,30H,6-8H2,1H3,(H,31,32). The Morgan fingerprint density at radius 1 is 1.07 bits per heavy atom. The molecule has 8 bridgehead atoms. The Hall–Kier alpha value is -2.68. The van der Waals surface area contributed by atoms with Crippen LogP contribution in [0.25, 0.3) is 0 Å². The predicted molar refractivity (Wildman–Crippen MR) is 150 cm³/mol. The number of sulfonamides is 2. The van der Waals surface area contributed by atoms with Gasteiger partial charge in [0.25, 0.3) is 10.0 Å². The first-order valence-electron chi connectivity index (χ1n) is 14.2. The summed E-state index contributed by atoms with van der Waals surface area (Å²) in [6.07, 6.45) is 2.21. The molecule has 7 aliphatic carbocycles. The molecule has 2 N–H and O–H groups in total. The number of hydrogen-bond acceptors (Lipinski definition) is 8. The lowest BCUT2D eigenvalue weighted by atomic mass is 9.57. The van der Waals surface area contributed by atoms with Crippen LogP contribution in [-0.4, -0.2) is 51.6 Å². The number of carbonyl (C=O) groups is 2. The van der Waals surface area contributed by atoms with Crippen molar-refractivity contribution in [1.82, 2.24) is 9.62 Å². The number of amidine groups is 1. The summed E-state index contributed by atoms with van der Waals surface area (Å²) < 4.78 is 70.1. The monoisotopic (exact) mass is 630 g/mol. The highest BCUT2D eigenvalue weighted by Gasteiger charge is 2.86. The molecule has 1 saturated heterocycles. The molecule has 1 aromatic carbocycles. The highest BCUT2D eigenvalue weighted by molar-refractivity contribution is 7.91. The SMILES string of the molecule is CS(=O)(=O)NCc1csc2c1S(=O)(=O)N=C(C1C(=O)C3C4C5C6CC7C4C7C(C65)C3N(Cc3ccc(F)cc3)C1=O)N2. The third kappa shape index (κ3) is 3.34. The van der Waals surface area contributed by atoms with Crippen LogP contribution in [0, 0.1) is 65.0 Å². The van der Waals surface area contributed by atoms with Crippen molar-refractivity contribution < 1.29 is 30.8 Å². The van der Waals surface area contributed by atoms with E-state index in [2.05, 4.69) is 14.4 Å². The summed E-state index contributed by atoms with van der Waals surface area (Å²) in [5.41, 5.74) is 0.982. The molecule has 11 rings (SSSR count). The number of amides is 1. The summed E-state index contributed by atoms with van der Waals surface area (Å²) in [4.78, 5) is 30.4. The zero-order valence-corrected chi connectivity index (χ0v) is 24.8. The van der Waals surface area contributed by atoms with Crippen molar-refractivity contribution in [1.29, 1.82) is 0 Å². The van der Waals surface area contributed by atoms with E-state index in [1.54, 1.807) is 17.0 Å². The number of likely N-dealkylation sites (tertiary alicyclic amines) is 1. The van der Waals surface area contributed by atoms with Crippen LogP contribution in [0.15, 0.2) is 38.9 Å². The van der Waals surface area contributed by atoms with Gasteiger partial charge in [0.2, 0.25) is 15.9 Å². The molecule has 8 fully saturated rings. The van der Waals surface area contributed by atoms with Gasteiger partial charge in [-0.05, 0) is 76.8 Å². The van der Waals surface area contributed by atoms with E-state index in [-0.39, 0.29) is 69.8 Å². The van der Waals surface area contributed by atoms with E-state index in [1.165, 1.54) is 23.9 Å². The molecule has 7 saturated carbocycles. The molecule has 2 aliphatic heterocycles. The Bertz CT molecular complexity index is 1840. The van der Waals surface area contributed by atoms with Crippen molar-refractivity contribution in [3.63, 3.8) is 0 Å². The van der Waals surface area contributed by atoms with Gasteiger partial charge in [-0.2, -0.15) is 8.42 Å². The van der Waals surface area contributed by atoms with Crippen LogP contribution in [-0.2, 0) is 42.7 Å². The van der Waals surface area contributed by atoms with Crippen LogP contribution in [0.4, 0.5) is 9.39 Å². The number of anilines is 1. The molecule has 220 valence electrons. The fraction of sp³-hybridized carbons (Fsp3) is 0.536. The number of nitrogens with one attached hydrogen (secondary N) is 2. The van der Waals surface area contributed by atoms with E-state index in [0.29, 0.717) is 35.5 Å². The second-order valence-electron chi connectivity index (χ2n) is 13.1. The van der Waals surface area contributed by atoms with Gasteiger partial charge in [0.05, 0.1) is 6.26 Å². The van der Waals surface area contributed by atoms with Gasteiger partial charge in [0, 0.05) is 30.6 Å². The summed E-state index contributed by atoms with van der Waals surface area (Å²) in [6.45, 7) is -0.0214. The largest absolute Gasteiger partial charge is 0.333 e. The summed E-state index contributed by atoms with van der Waals surface area (Å²) in [5, 5.41) is 4.72. The molecule has 9 unspecified atom stereocenters. The minimum absolute atomic E-state index is 0.150. The minimum atomic E-state index is -4.33. The van der Waals surface area contributed by atoms with Gasteiger partial charge in [0.15, 0.2) is 11.7 Å². The van der Waals surface area contributed by atoms with Crippen LogP contribution < -0.4 is 10.0 Å². The Balaban J connectivity index is 1.11. The lowest BCUT2D eigenvalue weighted by Gasteiger charge is -2.55. The highest BCUT2D eigenvalue weighted by Crippen LogP contribution is 2.87. The average molecular weight is 631 g/mol. The lowest BCUT2D eigenvalue weighted by molar-refractivity contribution is -0.163. The van der Waals surface area contributed by atoms with Gasteiger partial charge < -0.3 is 10.2 Å². The molecule has 14 heteroatoms. The van der Waals surface area contributed by atoms with Crippen molar-refractivity contribution in [3.05, 3.63) is 46.6 Å². The van der Waals surface area contributed by atoms with Gasteiger partial charge in [-0.3, -0.25) is 9.59 Å². The van der Waals surface area contributed by atoms with Crippen LogP contribution >= 0.6 is 11.3 Å². The first-order valence-corrected chi connectivity index (χ1v) is 18.4. The summed E-state index contributed by atoms with van der Waals surface area (Å²) in [5.74, 6) is 0.833. The Kier molecular flexibility index (Phi) is 4.95. The number of benzene rings is 1. The molecular formula is C28H27FN4O6S3. The highest BCUT2D eigenvalue weighted by atomic mass is 32.2. The molecule has 10 nitrogen and oxygen atoms in total. The maximum Gasteiger partial charge on any atom is 0.287 e. The molecule has 2 aromatic rings. The van der Waals surface area contributed by atoms with E-state index < -0.39 is 31.9 Å². The van der Waals surface area contributed by atoms with Gasteiger partial charge in [-0.1, -0.05) is 12.1 Å². The first-order chi connectivity index (χ1) is 19.9. The normalized spacial score (nSPS) is 41.0. The second kappa shape index (κ2) is 8.07. The maximum absolute atomic E-state index is 14.4. The van der Waals surface area contributed by atoms with Gasteiger partial charge in [-0.25, -0.2) is 17.5 Å². The third-order valence-corrected chi connectivity index (χ3v) is 14.3. The van der Waals surface area contributed by atoms with E-state index in [0.717, 1.165) is 23.2 Å². The van der Waals surface area contributed by atoms with Crippen molar-refractivity contribution in [2.45, 2.75) is 30.4 Å². The molecule has 3 heterocycles. The van der Waals surface area contributed by atoms with E-state index in [9.17, 15) is 30.8 Å². The van der Waals surface area contributed by atoms with Crippen molar-refractivity contribution >= 4 is 53.9 Å². The quantitative estimate of drug-likeness (QED) is 0.466. The average Bonchev–Trinajstić information content (AvgIpc) is 3.82. The van der Waals surface area contributed by atoms with Crippen molar-refractivity contribution in [2.24, 2.45) is 63.6 Å².